The molecule has 1 aromatic carbocycles. The molecule has 0 spiro atoms. The second-order valence-electron chi connectivity index (χ2n) is 5.18. The topological polar surface area (TPSA) is 50.7 Å². The summed E-state index contributed by atoms with van der Waals surface area (Å²) in [6.45, 7) is 2.00. The van der Waals surface area contributed by atoms with Crippen LogP contribution < -0.4 is 5.32 Å². The molecule has 4 aromatic rings. The first-order valence-electron chi connectivity index (χ1n) is 7.29. The van der Waals surface area contributed by atoms with Gasteiger partial charge in [0, 0.05) is 34.4 Å². The van der Waals surface area contributed by atoms with Gasteiger partial charge in [-0.05, 0) is 37.3 Å². The van der Waals surface area contributed by atoms with Crippen LogP contribution in [0.25, 0.3) is 22.2 Å². The third kappa shape index (κ3) is 2.66. The first-order chi connectivity index (χ1) is 11.3. The van der Waals surface area contributed by atoms with Crippen molar-refractivity contribution >= 4 is 33.1 Å². The second kappa shape index (κ2) is 5.78. The Kier molecular flexibility index (Phi) is 3.48. The molecular formula is C18H14N4S. The van der Waals surface area contributed by atoms with Gasteiger partial charge in [0.2, 0.25) is 0 Å². The lowest BCUT2D eigenvalue weighted by Crippen LogP contribution is -1.96. The molecule has 0 atom stereocenters. The number of aryl methyl sites for hydroxylation is 1. The number of hydrogen-bond acceptors (Lipinski definition) is 5. The van der Waals surface area contributed by atoms with Gasteiger partial charge in [0.1, 0.15) is 0 Å². The van der Waals surface area contributed by atoms with Crippen LogP contribution in [-0.2, 0) is 0 Å². The largest absolute Gasteiger partial charge is 0.331 e. The molecule has 3 heterocycles. The molecule has 0 fully saturated rings. The first kappa shape index (κ1) is 13.8. The predicted molar refractivity (Wildman–Crippen MR) is 95.1 cm³/mol. The highest BCUT2D eigenvalue weighted by atomic mass is 32.1. The van der Waals surface area contributed by atoms with Crippen LogP contribution in [0.4, 0.5) is 10.8 Å². The summed E-state index contributed by atoms with van der Waals surface area (Å²) in [6.07, 6.45) is 3.60. The van der Waals surface area contributed by atoms with E-state index in [1.165, 1.54) is 0 Å². The lowest BCUT2D eigenvalue weighted by molar-refractivity contribution is 1.21. The first-order valence-corrected chi connectivity index (χ1v) is 8.17. The highest BCUT2D eigenvalue weighted by Gasteiger charge is 2.13. The molecule has 0 radical (unpaired) electrons. The fourth-order valence-electron chi connectivity index (χ4n) is 2.62. The third-order valence-corrected chi connectivity index (χ3v) is 4.29. The van der Waals surface area contributed by atoms with Crippen molar-refractivity contribution < 1.29 is 0 Å². The maximum absolute atomic E-state index is 4.70. The fraction of sp³-hybridized carbons (Fsp3) is 0.0556. The van der Waals surface area contributed by atoms with Crippen molar-refractivity contribution in [3.63, 3.8) is 0 Å². The molecule has 3 aromatic heterocycles. The quantitative estimate of drug-likeness (QED) is 0.589. The fourth-order valence-corrected chi connectivity index (χ4v) is 3.16. The smallest absolute Gasteiger partial charge is 0.187 e. The molecule has 0 saturated carbocycles. The molecular weight excluding hydrogens is 304 g/mol. The predicted octanol–water partition coefficient (Wildman–Crippen LogP) is 4.81. The Morgan fingerprint density at radius 3 is 2.74 bits per heavy atom. The summed E-state index contributed by atoms with van der Waals surface area (Å²) in [5.41, 5.74) is 4.91. The zero-order valence-electron chi connectivity index (χ0n) is 12.5. The van der Waals surface area contributed by atoms with Crippen molar-refractivity contribution in [2.45, 2.75) is 6.92 Å². The molecule has 4 nitrogen and oxygen atoms in total. The number of rotatable bonds is 3. The minimum absolute atomic E-state index is 0.863. The van der Waals surface area contributed by atoms with Gasteiger partial charge in [-0.3, -0.25) is 9.97 Å². The molecule has 0 aliphatic rings. The zero-order valence-corrected chi connectivity index (χ0v) is 13.3. The number of benzene rings is 1. The van der Waals surface area contributed by atoms with Crippen LogP contribution in [0.5, 0.6) is 0 Å². The average molecular weight is 318 g/mol. The van der Waals surface area contributed by atoms with Crippen LogP contribution in [0, 0.1) is 6.92 Å². The van der Waals surface area contributed by atoms with Crippen molar-refractivity contribution in [2.75, 3.05) is 5.32 Å². The van der Waals surface area contributed by atoms with Crippen molar-refractivity contribution in [1.82, 2.24) is 15.0 Å². The second-order valence-corrected chi connectivity index (χ2v) is 6.08. The number of thiazole rings is 1. The van der Waals surface area contributed by atoms with E-state index in [-0.39, 0.29) is 0 Å². The molecule has 0 unspecified atom stereocenters. The van der Waals surface area contributed by atoms with Gasteiger partial charge in [0.15, 0.2) is 5.13 Å². The normalized spacial score (nSPS) is 10.8. The monoisotopic (exact) mass is 318 g/mol. The number of nitrogens with one attached hydrogen (secondary N) is 1. The Labute approximate surface area is 137 Å². The zero-order chi connectivity index (χ0) is 15.6. The van der Waals surface area contributed by atoms with E-state index >= 15 is 0 Å². The Morgan fingerprint density at radius 1 is 0.957 bits per heavy atom. The summed E-state index contributed by atoms with van der Waals surface area (Å²) < 4.78 is 0. The summed E-state index contributed by atoms with van der Waals surface area (Å²) in [5.74, 6) is 0. The molecule has 112 valence electrons. The number of pyridine rings is 2. The Morgan fingerprint density at radius 2 is 1.91 bits per heavy atom. The van der Waals surface area contributed by atoms with Crippen LogP contribution in [-0.4, -0.2) is 15.0 Å². The van der Waals surface area contributed by atoms with E-state index in [0.717, 1.165) is 38.7 Å². The number of nitrogens with zero attached hydrogens (tertiary/aromatic N) is 3. The van der Waals surface area contributed by atoms with Gasteiger partial charge in [-0.25, -0.2) is 4.98 Å². The summed E-state index contributed by atoms with van der Waals surface area (Å²) in [5, 5.41) is 7.30. The van der Waals surface area contributed by atoms with E-state index in [4.69, 9.17) is 4.98 Å². The van der Waals surface area contributed by atoms with Gasteiger partial charge in [-0.2, -0.15) is 0 Å². The molecule has 0 saturated heterocycles. The molecule has 4 rings (SSSR count). The van der Waals surface area contributed by atoms with Gasteiger partial charge in [0.05, 0.1) is 16.9 Å². The SMILES string of the molecule is Cc1cccc(-c2c(Nc3nccs3)ccc3ncccc23)n1. The van der Waals surface area contributed by atoms with Crippen molar-refractivity contribution in [3.05, 3.63) is 65.9 Å². The van der Waals surface area contributed by atoms with Gasteiger partial charge in [0.25, 0.3) is 0 Å². The molecule has 0 bridgehead atoms. The van der Waals surface area contributed by atoms with Crippen molar-refractivity contribution in [3.8, 4) is 11.3 Å². The average Bonchev–Trinajstić information content (AvgIpc) is 3.07. The number of anilines is 2. The Hall–Kier alpha value is -2.79. The maximum Gasteiger partial charge on any atom is 0.187 e. The van der Waals surface area contributed by atoms with Gasteiger partial charge in [-0.1, -0.05) is 12.1 Å². The van der Waals surface area contributed by atoms with Gasteiger partial charge >= 0.3 is 0 Å². The maximum atomic E-state index is 4.70. The van der Waals surface area contributed by atoms with E-state index in [1.54, 1.807) is 17.5 Å². The highest BCUT2D eigenvalue weighted by molar-refractivity contribution is 7.13. The van der Waals surface area contributed by atoms with Crippen LogP contribution in [0.2, 0.25) is 0 Å². The van der Waals surface area contributed by atoms with Crippen LogP contribution in [0.1, 0.15) is 5.69 Å². The third-order valence-electron chi connectivity index (χ3n) is 3.60. The summed E-state index contributed by atoms with van der Waals surface area (Å²) in [6, 6.07) is 14.1. The van der Waals surface area contributed by atoms with E-state index in [0.29, 0.717) is 0 Å². The van der Waals surface area contributed by atoms with Crippen LogP contribution >= 0.6 is 11.3 Å². The molecule has 23 heavy (non-hydrogen) atoms. The minimum Gasteiger partial charge on any atom is -0.331 e. The Balaban J connectivity index is 1.97. The van der Waals surface area contributed by atoms with Crippen molar-refractivity contribution in [1.29, 1.82) is 0 Å². The van der Waals surface area contributed by atoms with Crippen LogP contribution in [0.15, 0.2) is 60.2 Å². The number of aromatic nitrogens is 3. The number of hydrogen-bond donors (Lipinski definition) is 1. The molecule has 5 heteroatoms. The van der Waals surface area contributed by atoms with E-state index in [1.807, 2.05) is 54.9 Å². The van der Waals surface area contributed by atoms with E-state index < -0.39 is 0 Å². The summed E-state index contributed by atoms with van der Waals surface area (Å²) >= 11 is 1.57. The van der Waals surface area contributed by atoms with E-state index in [2.05, 4.69) is 21.4 Å². The standard InChI is InChI=1S/C18H14N4S/c1-12-4-2-6-15(21-12)17-13-5-3-9-19-14(13)7-8-16(17)22-18-20-10-11-23-18/h2-11H,1H3,(H,20,22). The lowest BCUT2D eigenvalue weighted by Gasteiger charge is -2.13. The van der Waals surface area contributed by atoms with E-state index in [9.17, 15) is 0 Å². The van der Waals surface area contributed by atoms with Crippen molar-refractivity contribution in [2.24, 2.45) is 0 Å². The molecule has 1 N–H and O–H groups in total. The Bertz CT molecular complexity index is 964. The molecule has 0 amide bonds. The summed E-state index contributed by atoms with van der Waals surface area (Å²) in [4.78, 5) is 13.5. The lowest BCUT2D eigenvalue weighted by atomic mass is 10.0. The van der Waals surface area contributed by atoms with Crippen LogP contribution in [0.3, 0.4) is 0 Å². The van der Waals surface area contributed by atoms with Gasteiger partial charge in [-0.15, -0.1) is 11.3 Å². The molecule has 0 aliphatic carbocycles. The van der Waals surface area contributed by atoms with Gasteiger partial charge < -0.3 is 5.32 Å². The molecule has 0 aliphatic heterocycles. The number of fused-ring (bicyclic) bond motifs is 1. The minimum atomic E-state index is 0.863. The highest BCUT2D eigenvalue weighted by Crippen LogP contribution is 2.35. The summed E-state index contributed by atoms with van der Waals surface area (Å²) in [7, 11) is 0.